The molecule has 0 aliphatic carbocycles. The Hall–Kier alpha value is -2.15. The van der Waals surface area contributed by atoms with Crippen LogP contribution in [0.4, 0.5) is 9.18 Å². The number of benzene rings is 1. The van der Waals surface area contributed by atoms with E-state index in [1.165, 1.54) is 6.07 Å². The molecule has 6 nitrogen and oxygen atoms in total. The number of amides is 3. The fraction of sp³-hybridized carbons (Fsp3) is 0.200. The van der Waals surface area contributed by atoms with E-state index in [4.69, 9.17) is 15.6 Å². The van der Waals surface area contributed by atoms with Gasteiger partial charge in [0.2, 0.25) is 0 Å². The van der Waals surface area contributed by atoms with E-state index in [2.05, 4.69) is 0 Å². The highest BCUT2D eigenvalue weighted by molar-refractivity contribution is 5.94. The van der Waals surface area contributed by atoms with Crippen LogP contribution in [0, 0.1) is 5.82 Å². The molecule has 92 valence electrons. The summed E-state index contributed by atoms with van der Waals surface area (Å²) in [7, 11) is 0. The maximum Gasteiger partial charge on any atom is 0.318 e. The summed E-state index contributed by atoms with van der Waals surface area (Å²) in [5.41, 5.74) is 5.03. The lowest BCUT2D eigenvalue weighted by Gasteiger charge is -2.07. The summed E-state index contributed by atoms with van der Waals surface area (Å²) < 4.78 is 17.9. The lowest BCUT2D eigenvalue weighted by molar-refractivity contribution is -0.121. The van der Waals surface area contributed by atoms with Crippen molar-refractivity contribution in [3.05, 3.63) is 29.6 Å². The highest BCUT2D eigenvalue weighted by Gasteiger charge is 2.06. The van der Waals surface area contributed by atoms with Crippen molar-refractivity contribution in [2.45, 2.75) is 6.61 Å². The third-order valence-electron chi connectivity index (χ3n) is 1.75. The number of primary amides is 1. The average molecular weight is 242 g/mol. The minimum Gasteiger partial charge on any atom is -0.484 e. The van der Waals surface area contributed by atoms with Gasteiger partial charge in [-0.2, -0.15) is 0 Å². The quantitative estimate of drug-likeness (QED) is 0.685. The Balaban J connectivity index is 2.60. The zero-order chi connectivity index (χ0) is 12.8. The molecule has 1 aromatic rings. The third-order valence-corrected chi connectivity index (χ3v) is 1.75. The van der Waals surface area contributed by atoms with Gasteiger partial charge in [-0.25, -0.2) is 9.18 Å². The highest BCUT2D eigenvalue weighted by atomic mass is 19.1. The molecule has 17 heavy (non-hydrogen) atoms. The molecule has 0 radical (unpaired) electrons. The fourth-order valence-electron chi connectivity index (χ4n) is 1.12. The predicted octanol–water partition coefficient (Wildman–Crippen LogP) is -0.108. The van der Waals surface area contributed by atoms with E-state index in [0.717, 1.165) is 12.1 Å². The van der Waals surface area contributed by atoms with Crippen LogP contribution in [0.15, 0.2) is 18.2 Å². The SMILES string of the molecule is NC(=O)NC(=O)COc1cc(F)cc(CO)c1. The lowest BCUT2D eigenvalue weighted by Crippen LogP contribution is -2.38. The highest BCUT2D eigenvalue weighted by Crippen LogP contribution is 2.16. The topological polar surface area (TPSA) is 102 Å². The first-order chi connectivity index (χ1) is 8.01. The number of nitrogens with two attached hydrogens (primary N) is 1. The van der Waals surface area contributed by atoms with Crippen LogP contribution < -0.4 is 15.8 Å². The van der Waals surface area contributed by atoms with Gasteiger partial charge in [0.05, 0.1) is 6.61 Å². The van der Waals surface area contributed by atoms with Crippen molar-refractivity contribution in [2.24, 2.45) is 5.73 Å². The first-order valence-corrected chi connectivity index (χ1v) is 4.63. The summed E-state index contributed by atoms with van der Waals surface area (Å²) in [6, 6.07) is 2.57. The zero-order valence-corrected chi connectivity index (χ0v) is 8.77. The molecule has 0 saturated heterocycles. The van der Waals surface area contributed by atoms with Gasteiger partial charge in [-0.1, -0.05) is 0 Å². The van der Waals surface area contributed by atoms with Gasteiger partial charge in [0.25, 0.3) is 5.91 Å². The number of hydrogen-bond acceptors (Lipinski definition) is 4. The van der Waals surface area contributed by atoms with E-state index >= 15 is 0 Å². The van der Waals surface area contributed by atoms with Gasteiger partial charge >= 0.3 is 6.03 Å². The molecule has 0 heterocycles. The smallest absolute Gasteiger partial charge is 0.318 e. The van der Waals surface area contributed by atoms with Crippen molar-refractivity contribution in [2.75, 3.05) is 6.61 Å². The monoisotopic (exact) mass is 242 g/mol. The van der Waals surface area contributed by atoms with Crippen molar-refractivity contribution in [3.8, 4) is 5.75 Å². The zero-order valence-electron chi connectivity index (χ0n) is 8.77. The summed E-state index contributed by atoms with van der Waals surface area (Å²) in [4.78, 5) is 21.3. The number of nitrogens with one attached hydrogen (secondary N) is 1. The van der Waals surface area contributed by atoms with Gasteiger partial charge < -0.3 is 15.6 Å². The second-order valence-electron chi connectivity index (χ2n) is 3.15. The number of aliphatic hydroxyl groups excluding tert-OH is 1. The Labute approximate surface area is 96.2 Å². The molecule has 0 bridgehead atoms. The number of carbonyl (C=O) groups excluding carboxylic acids is 2. The number of carbonyl (C=O) groups is 2. The maximum atomic E-state index is 13.0. The minimum absolute atomic E-state index is 0.0775. The summed E-state index contributed by atoms with van der Waals surface area (Å²) >= 11 is 0. The van der Waals surface area contributed by atoms with Gasteiger partial charge in [-0.15, -0.1) is 0 Å². The second-order valence-corrected chi connectivity index (χ2v) is 3.15. The summed E-state index contributed by atoms with van der Waals surface area (Å²) in [6.07, 6.45) is 0. The molecule has 0 aliphatic heterocycles. The molecule has 0 fully saturated rings. The van der Waals surface area contributed by atoms with E-state index < -0.39 is 24.4 Å². The number of imide groups is 1. The average Bonchev–Trinajstić information content (AvgIpc) is 2.24. The second kappa shape index (κ2) is 5.80. The summed E-state index contributed by atoms with van der Waals surface area (Å²) in [6.45, 7) is -0.821. The molecule has 0 saturated carbocycles. The lowest BCUT2D eigenvalue weighted by atomic mass is 10.2. The molecule has 3 amide bonds. The van der Waals surface area contributed by atoms with Crippen LogP contribution >= 0.6 is 0 Å². The number of aliphatic hydroxyl groups is 1. The number of urea groups is 1. The van der Waals surface area contributed by atoms with Crippen LogP contribution in [0.1, 0.15) is 5.56 Å². The molecule has 0 atom stereocenters. The van der Waals surface area contributed by atoms with E-state index in [0.29, 0.717) is 5.56 Å². The van der Waals surface area contributed by atoms with Crippen molar-refractivity contribution >= 4 is 11.9 Å². The van der Waals surface area contributed by atoms with Crippen molar-refractivity contribution in [1.82, 2.24) is 5.32 Å². The Morgan fingerprint density at radius 3 is 2.71 bits per heavy atom. The van der Waals surface area contributed by atoms with E-state index in [9.17, 15) is 14.0 Å². The van der Waals surface area contributed by atoms with Gasteiger partial charge in [-0.3, -0.25) is 10.1 Å². The molecule has 0 aromatic heterocycles. The first kappa shape index (κ1) is 12.9. The Kier molecular flexibility index (Phi) is 4.41. The standard InChI is InChI=1S/C10H11FN2O4/c11-7-1-6(4-14)2-8(3-7)17-5-9(15)13-10(12)16/h1-3,14H,4-5H2,(H3,12,13,15,16). The number of hydrogen-bond donors (Lipinski definition) is 3. The molecule has 4 N–H and O–H groups in total. The Morgan fingerprint density at radius 1 is 1.41 bits per heavy atom. The van der Waals surface area contributed by atoms with Crippen molar-refractivity contribution in [3.63, 3.8) is 0 Å². The van der Waals surface area contributed by atoms with Gasteiger partial charge in [0.1, 0.15) is 11.6 Å². The minimum atomic E-state index is -0.992. The van der Waals surface area contributed by atoms with Crippen molar-refractivity contribution < 1.29 is 23.8 Å². The Morgan fingerprint density at radius 2 is 2.12 bits per heavy atom. The molecular weight excluding hydrogens is 231 g/mol. The van der Waals surface area contributed by atoms with Crippen LogP contribution in [0.2, 0.25) is 0 Å². The molecule has 7 heteroatoms. The van der Waals surface area contributed by atoms with Crippen LogP contribution in [-0.4, -0.2) is 23.7 Å². The van der Waals surface area contributed by atoms with Crippen LogP contribution in [0.5, 0.6) is 5.75 Å². The molecule has 0 unspecified atom stereocenters. The normalized spacial score (nSPS) is 9.76. The third kappa shape index (κ3) is 4.47. The van der Waals surface area contributed by atoms with Crippen LogP contribution in [-0.2, 0) is 11.4 Å². The largest absolute Gasteiger partial charge is 0.484 e. The van der Waals surface area contributed by atoms with E-state index in [-0.39, 0.29) is 12.4 Å². The Bertz CT molecular complexity index is 436. The molecular formula is C10H11FN2O4. The molecule has 1 rings (SSSR count). The van der Waals surface area contributed by atoms with E-state index in [1.54, 1.807) is 5.32 Å². The molecule has 0 aliphatic rings. The molecule has 0 spiro atoms. The van der Waals surface area contributed by atoms with Crippen molar-refractivity contribution in [1.29, 1.82) is 0 Å². The predicted molar refractivity (Wildman–Crippen MR) is 55.5 cm³/mol. The van der Waals surface area contributed by atoms with Crippen LogP contribution in [0.3, 0.4) is 0 Å². The molecule has 1 aromatic carbocycles. The van der Waals surface area contributed by atoms with Gasteiger partial charge in [-0.05, 0) is 17.7 Å². The fourth-order valence-corrected chi connectivity index (χ4v) is 1.12. The number of halogens is 1. The van der Waals surface area contributed by atoms with Gasteiger partial charge in [0, 0.05) is 6.07 Å². The number of ether oxygens (including phenoxy) is 1. The summed E-state index contributed by atoms with van der Waals surface area (Å²) in [5, 5.41) is 10.6. The summed E-state index contributed by atoms with van der Waals surface area (Å²) in [5.74, 6) is -1.26. The number of rotatable bonds is 4. The maximum absolute atomic E-state index is 13.0. The van der Waals surface area contributed by atoms with E-state index in [1.807, 2.05) is 0 Å². The van der Waals surface area contributed by atoms with Gasteiger partial charge in [0.15, 0.2) is 6.61 Å². The first-order valence-electron chi connectivity index (χ1n) is 4.63. The van der Waals surface area contributed by atoms with Crippen LogP contribution in [0.25, 0.3) is 0 Å².